The molecule has 0 aliphatic carbocycles. The maximum Gasteiger partial charge on any atom is 0.335 e. The Bertz CT molecular complexity index is 688. The van der Waals surface area contributed by atoms with Gasteiger partial charge in [-0.3, -0.25) is 5.21 Å². The van der Waals surface area contributed by atoms with E-state index in [4.69, 9.17) is 7.16 Å². The van der Waals surface area contributed by atoms with Crippen LogP contribution in [0.2, 0.25) is 0 Å². The van der Waals surface area contributed by atoms with Gasteiger partial charge in [-0.2, -0.15) is 0 Å². The second-order valence-electron chi connectivity index (χ2n) is 7.35. The molecular weight excluding hydrogens is 262 g/mol. The molecule has 0 aromatic carbocycles. The third-order valence-corrected chi connectivity index (χ3v) is 3.15. The van der Waals surface area contributed by atoms with E-state index >= 15 is 0 Å². The number of aromatic nitrogens is 1. The van der Waals surface area contributed by atoms with E-state index in [9.17, 15) is 5.21 Å². The summed E-state index contributed by atoms with van der Waals surface area (Å²) in [6.45, 7) is 12.0. The molecule has 0 aliphatic rings. The molecule has 0 spiro atoms. The van der Waals surface area contributed by atoms with Crippen molar-refractivity contribution in [1.29, 1.82) is 0 Å². The van der Waals surface area contributed by atoms with Crippen LogP contribution in [0.25, 0.3) is 11.1 Å². The first-order chi connectivity index (χ1) is 10.4. The van der Waals surface area contributed by atoms with Crippen LogP contribution in [0.4, 0.5) is 0 Å². The summed E-state index contributed by atoms with van der Waals surface area (Å²) in [5, 5.41) is 9.41. The molecule has 0 amide bonds. The van der Waals surface area contributed by atoms with Crippen molar-refractivity contribution in [1.82, 2.24) is 0 Å². The number of rotatable bonds is 1. The van der Waals surface area contributed by atoms with Crippen LogP contribution in [0.15, 0.2) is 41.0 Å². The minimum atomic E-state index is -0.342. The summed E-state index contributed by atoms with van der Waals surface area (Å²) < 4.78 is 24.1. The van der Waals surface area contributed by atoms with Gasteiger partial charge >= 0.3 is 11.5 Å². The Morgan fingerprint density at radius 3 is 1.71 bits per heavy atom. The van der Waals surface area contributed by atoms with Gasteiger partial charge in [-0.25, -0.2) is 4.42 Å². The van der Waals surface area contributed by atoms with Crippen LogP contribution < -0.4 is 4.73 Å². The van der Waals surface area contributed by atoms with Gasteiger partial charge in [-0.05, 0) is 47.1 Å². The first kappa shape index (κ1) is 12.8. The van der Waals surface area contributed by atoms with Gasteiger partial charge in [-0.1, -0.05) is 0 Å². The maximum absolute atomic E-state index is 9.41. The van der Waals surface area contributed by atoms with Gasteiger partial charge in [0.1, 0.15) is 0 Å². The molecule has 3 heteroatoms. The van der Waals surface area contributed by atoms with Crippen LogP contribution >= 0.6 is 0 Å². The fraction of sp³-hybridized carbons (Fsp3) is 0.444. The molecule has 112 valence electrons. The lowest BCUT2D eigenvalue weighted by molar-refractivity contribution is -0.904. The van der Waals surface area contributed by atoms with E-state index in [0.29, 0.717) is 17.1 Å². The van der Waals surface area contributed by atoms with Crippen molar-refractivity contribution in [2.75, 3.05) is 0 Å². The summed E-state index contributed by atoms with van der Waals surface area (Å²) in [5.74, 6) is 1.13. The predicted molar refractivity (Wildman–Crippen MR) is 83.3 cm³/mol. The Balaban J connectivity index is 2.87. The zero-order chi connectivity index (χ0) is 17.6. The molecule has 0 fully saturated rings. The van der Waals surface area contributed by atoms with Gasteiger partial charge in [0.2, 0.25) is 12.4 Å². The van der Waals surface area contributed by atoms with Crippen molar-refractivity contribution in [3.8, 4) is 11.1 Å². The molecule has 0 saturated heterocycles. The second-order valence-corrected chi connectivity index (χ2v) is 7.35. The van der Waals surface area contributed by atoms with Crippen LogP contribution in [-0.2, 0) is 10.8 Å². The summed E-state index contributed by atoms with van der Waals surface area (Å²) in [7, 11) is 0. The molecule has 2 aromatic heterocycles. The molecule has 2 heterocycles. The smallest absolute Gasteiger partial charge is 0.285 e. The highest BCUT2D eigenvalue weighted by Crippen LogP contribution is 2.33. The zero-order valence-corrected chi connectivity index (χ0v) is 13.6. The molecule has 0 radical (unpaired) electrons. The van der Waals surface area contributed by atoms with E-state index in [1.165, 1.54) is 12.4 Å². The number of pyridine rings is 1. The molecule has 2 aromatic rings. The van der Waals surface area contributed by atoms with Crippen molar-refractivity contribution in [3.63, 3.8) is 0 Å². The molecule has 0 bridgehead atoms. The molecular formula is C18H25NO2+2. The van der Waals surface area contributed by atoms with E-state index in [1.807, 2.05) is 41.5 Å². The highest BCUT2D eigenvalue weighted by atomic mass is 16.5. The Kier molecular flexibility index (Phi) is 3.13. The summed E-state index contributed by atoms with van der Waals surface area (Å²) >= 11 is 0. The lowest BCUT2D eigenvalue weighted by Gasteiger charge is -2.14. The summed E-state index contributed by atoms with van der Waals surface area (Å²) in [6.07, 6.45) is 2.98. The van der Waals surface area contributed by atoms with Crippen molar-refractivity contribution < 1.29 is 17.1 Å². The minimum Gasteiger partial charge on any atom is -0.285 e. The van der Waals surface area contributed by atoms with E-state index in [1.54, 1.807) is 12.1 Å². The Labute approximate surface area is 129 Å². The number of hydrogen-bond acceptors (Lipinski definition) is 1. The molecule has 3 nitrogen and oxygen atoms in total. The maximum atomic E-state index is 9.41. The van der Waals surface area contributed by atoms with Gasteiger partial charge in [0.15, 0.2) is 0 Å². The first-order valence-electron chi connectivity index (χ1n) is 8.12. The van der Waals surface area contributed by atoms with E-state index in [-0.39, 0.29) is 22.9 Å². The van der Waals surface area contributed by atoms with Crippen molar-refractivity contribution in [2.45, 2.75) is 52.4 Å². The molecule has 1 N–H and O–H groups in total. The summed E-state index contributed by atoms with van der Waals surface area (Å²) in [4.78, 5) is 0. The average Bonchev–Trinajstić information content (AvgIpc) is 2.38. The van der Waals surface area contributed by atoms with Crippen LogP contribution in [0.3, 0.4) is 0 Å². The van der Waals surface area contributed by atoms with Gasteiger partial charge < -0.3 is 0 Å². The standard InChI is InChI=1S/C18H25NO2/c1-17(2,3)15-11-14(12-16(21-15)18(4,5)6)13-7-9-19(20)10-8-13/h7-12,20H,1-6H3/q+2/i11D,12D. The van der Waals surface area contributed by atoms with Crippen LogP contribution in [-0.4, -0.2) is 5.21 Å². The SMILES string of the molecule is [2H]c1c(C(C)(C)C)[o+]c(C(C)(C)C)c([2H])c1-c1cc[n+](O)cc1. The molecule has 0 saturated carbocycles. The highest BCUT2D eigenvalue weighted by Gasteiger charge is 2.34. The van der Waals surface area contributed by atoms with E-state index in [2.05, 4.69) is 0 Å². The third-order valence-electron chi connectivity index (χ3n) is 3.15. The van der Waals surface area contributed by atoms with Gasteiger partial charge in [0, 0.05) is 34.5 Å². The second kappa shape index (κ2) is 5.14. The van der Waals surface area contributed by atoms with Crippen LogP contribution in [0, 0.1) is 0 Å². The number of hydrogen-bond donors (Lipinski definition) is 1. The van der Waals surface area contributed by atoms with E-state index in [0.717, 1.165) is 10.3 Å². The molecule has 0 unspecified atom stereocenters. The Hall–Kier alpha value is -1.90. The van der Waals surface area contributed by atoms with Gasteiger partial charge in [0.25, 0.3) is 0 Å². The first-order valence-corrected chi connectivity index (χ1v) is 7.12. The number of nitrogens with zero attached hydrogens (tertiary/aromatic N) is 1. The Morgan fingerprint density at radius 2 is 1.33 bits per heavy atom. The van der Waals surface area contributed by atoms with Crippen LogP contribution in [0.5, 0.6) is 0 Å². The van der Waals surface area contributed by atoms with Crippen LogP contribution in [0.1, 0.15) is 55.8 Å². The predicted octanol–water partition coefficient (Wildman–Crippen LogP) is 4.35. The highest BCUT2D eigenvalue weighted by molar-refractivity contribution is 5.63. The molecule has 0 aliphatic heterocycles. The van der Waals surface area contributed by atoms with Gasteiger partial charge in [0.05, 0.1) is 13.6 Å². The lowest BCUT2D eigenvalue weighted by atomic mass is 9.88. The monoisotopic (exact) mass is 289 g/mol. The molecule has 0 atom stereocenters. The normalized spacial score (nSPS) is 13.8. The quantitative estimate of drug-likeness (QED) is 0.481. The lowest BCUT2D eigenvalue weighted by Crippen LogP contribution is -2.27. The fourth-order valence-electron chi connectivity index (χ4n) is 1.82. The largest absolute Gasteiger partial charge is 0.335 e. The van der Waals surface area contributed by atoms with Crippen molar-refractivity contribution >= 4 is 0 Å². The molecule has 2 rings (SSSR count). The summed E-state index contributed by atoms with van der Waals surface area (Å²) in [5.41, 5.74) is 0.569. The Morgan fingerprint density at radius 1 is 0.905 bits per heavy atom. The zero-order valence-electron chi connectivity index (χ0n) is 15.6. The molecule has 21 heavy (non-hydrogen) atoms. The average molecular weight is 289 g/mol. The van der Waals surface area contributed by atoms with E-state index < -0.39 is 0 Å². The minimum absolute atomic E-state index is 0.228. The van der Waals surface area contributed by atoms with Crippen molar-refractivity contribution in [3.05, 3.63) is 48.1 Å². The third kappa shape index (κ3) is 3.60. The van der Waals surface area contributed by atoms with Gasteiger partial charge in [-0.15, -0.1) is 0 Å². The fourth-order valence-corrected chi connectivity index (χ4v) is 1.82. The topological polar surface area (TPSA) is 35.4 Å². The van der Waals surface area contributed by atoms with Crippen molar-refractivity contribution in [2.24, 2.45) is 0 Å². The summed E-state index contributed by atoms with van der Waals surface area (Å²) in [6, 6.07) is 3.85.